The van der Waals surface area contributed by atoms with E-state index in [9.17, 15) is 4.79 Å². The lowest BCUT2D eigenvalue weighted by atomic mass is 10.1. The molecule has 9 heteroatoms. The minimum absolute atomic E-state index is 0.145. The summed E-state index contributed by atoms with van der Waals surface area (Å²) in [7, 11) is 3.40. The molecule has 3 aromatic rings. The zero-order valence-electron chi connectivity index (χ0n) is 17.7. The third-order valence-electron chi connectivity index (χ3n) is 5.41. The van der Waals surface area contributed by atoms with Gasteiger partial charge in [-0.05, 0) is 31.5 Å². The summed E-state index contributed by atoms with van der Waals surface area (Å²) < 4.78 is 14.9. The number of methoxy groups -OCH3 is 1. The molecule has 9 nitrogen and oxygen atoms in total. The molecule has 0 bridgehead atoms. The SMILES string of the molecule is CCn1cc(CN(C)C(=O)c2nnn3c2CO[C@@H](c2ccc(OC)cc2)C3)c(C)n1. The fourth-order valence-electron chi connectivity index (χ4n) is 3.58. The molecule has 1 aliphatic rings. The molecule has 2 aromatic heterocycles. The number of benzene rings is 1. The van der Waals surface area contributed by atoms with Crippen LogP contribution in [0.3, 0.4) is 0 Å². The Labute approximate surface area is 175 Å². The molecule has 0 spiro atoms. The monoisotopic (exact) mass is 410 g/mol. The molecule has 1 aromatic carbocycles. The largest absolute Gasteiger partial charge is 0.497 e. The van der Waals surface area contributed by atoms with E-state index in [2.05, 4.69) is 15.4 Å². The van der Waals surface area contributed by atoms with E-state index < -0.39 is 0 Å². The quantitative estimate of drug-likeness (QED) is 0.620. The Balaban J connectivity index is 1.47. The zero-order chi connectivity index (χ0) is 21.3. The number of aromatic nitrogens is 5. The van der Waals surface area contributed by atoms with Crippen molar-refractivity contribution in [1.29, 1.82) is 0 Å². The number of rotatable bonds is 6. The second-order valence-corrected chi connectivity index (χ2v) is 7.40. The summed E-state index contributed by atoms with van der Waals surface area (Å²) in [5.74, 6) is 0.623. The van der Waals surface area contributed by atoms with E-state index >= 15 is 0 Å². The van der Waals surface area contributed by atoms with Crippen molar-refractivity contribution in [2.75, 3.05) is 14.2 Å². The van der Waals surface area contributed by atoms with E-state index in [4.69, 9.17) is 9.47 Å². The van der Waals surface area contributed by atoms with Gasteiger partial charge in [0, 0.05) is 31.9 Å². The summed E-state index contributed by atoms with van der Waals surface area (Å²) in [4.78, 5) is 14.6. The zero-order valence-corrected chi connectivity index (χ0v) is 17.7. The number of fused-ring (bicyclic) bond motifs is 1. The van der Waals surface area contributed by atoms with Crippen molar-refractivity contribution in [3.8, 4) is 5.75 Å². The van der Waals surface area contributed by atoms with Crippen LogP contribution < -0.4 is 4.74 Å². The van der Waals surface area contributed by atoms with Gasteiger partial charge in [0.25, 0.3) is 5.91 Å². The molecule has 0 aliphatic carbocycles. The summed E-state index contributed by atoms with van der Waals surface area (Å²) >= 11 is 0. The van der Waals surface area contributed by atoms with Crippen LogP contribution in [-0.2, 0) is 31.0 Å². The predicted molar refractivity (Wildman–Crippen MR) is 109 cm³/mol. The van der Waals surface area contributed by atoms with Crippen molar-refractivity contribution in [3.05, 3.63) is 58.7 Å². The van der Waals surface area contributed by atoms with Crippen LogP contribution in [0.25, 0.3) is 0 Å². The van der Waals surface area contributed by atoms with Gasteiger partial charge >= 0.3 is 0 Å². The van der Waals surface area contributed by atoms with Crippen LogP contribution in [0.4, 0.5) is 0 Å². The second kappa shape index (κ2) is 8.27. The Bertz CT molecular complexity index is 1040. The molecule has 158 valence electrons. The summed E-state index contributed by atoms with van der Waals surface area (Å²) in [6, 6.07) is 7.76. The maximum atomic E-state index is 13.0. The van der Waals surface area contributed by atoms with Crippen LogP contribution in [0.5, 0.6) is 5.75 Å². The Hall–Kier alpha value is -3.20. The van der Waals surface area contributed by atoms with Gasteiger partial charge in [-0.1, -0.05) is 17.3 Å². The van der Waals surface area contributed by atoms with Crippen LogP contribution in [-0.4, -0.2) is 49.7 Å². The van der Waals surface area contributed by atoms with Gasteiger partial charge < -0.3 is 14.4 Å². The highest BCUT2D eigenvalue weighted by molar-refractivity contribution is 5.93. The van der Waals surface area contributed by atoms with Crippen molar-refractivity contribution in [3.63, 3.8) is 0 Å². The lowest BCUT2D eigenvalue weighted by molar-refractivity contribution is -0.00194. The number of carbonyl (C=O) groups excluding carboxylic acids is 1. The summed E-state index contributed by atoms with van der Waals surface area (Å²) in [5.41, 5.74) is 4.02. The smallest absolute Gasteiger partial charge is 0.276 e. The molecular formula is C21H26N6O3. The Morgan fingerprint density at radius 1 is 1.33 bits per heavy atom. The third-order valence-corrected chi connectivity index (χ3v) is 5.41. The van der Waals surface area contributed by atoms with Crippen molar-refractivity contribution < 1.29 is 14.3 Å². The molecule has 0 radical (unpaired) electrons. The van der Waals surface area contributed by atoms with Crippen molar-refractivity contribution >= 4 is 5.91 Å². The number of amides is 1. The van der Waals surface area contributed by atoms with Gasteiger partial charge in [0.1, 0.15) is 11.9 Å². The lowest BCUT2D eigenvalue weighted by Crippen LogP contribution is -2.29. The molecular weight excluding hydrogens is 384 g/mol. The molecule has 1 atom stereocenters. The minimum Gasteiger partial charge on any atom is -0.497 e. The lowest BCUT2D eigenvalue weighted by Gasteiger charge is -2.25. The van der Waals surface area contributed by atoms with Gasteiger partial charge in [0.15, 0.2) is 5.69 Å². The molecule has 0 unspecified atom stereocenters. The van der Waals surface area contributed by atoms with Crippen molar-refractivity contribution in [2.45, 2.75) is 46.2 Å². The van der Waals surface area contributed by atoms with Gasteiger partial charge in [0.05, 0.1) is 31.6 Å². The highest BCUT2D eigenvalue weighted by Gasteiger charge is 2.29. The molecule has 30 heavy (non-hydrogen) atoms. The van der Waals surface area contributed by atoms with Crippen molar-refractivity contribution in [2.24, 2.45) is 0 Å². The van der Waals surface area contributed by atoms with Crippen LogP contribution in [0.1, 0.15) is 46.0 Å². The molecule has 1 aliphatic heterocycles. The van der Waals surface area contributed by atoms with Gasteiger partial charge in [-0.2, -0.15) is 5.10 Å². The number of hydrogen-bond acceptors (Lipinski definition) is 6. The van der Waals surface area contributed by atoms with E-state index in [0.717, 1.165) is 29.1 Å². The normalized spacial score (nSPS) is 15.7. The van der Waals surface area contributed by atoms with E-state index in [1.54, 1.807) is 23.7 Å². The number of hydrogen-bond donors (Lipinski definition) is 0. The van der Waals surface area contributed by atoms with Gasteiger partial charge in [-0.15, -0.1) is 5.10 Å². The number of carbonyl (C=O) groups is 1. The van der Waals surface area contributed by atoms with Crippen LogP contribution in [0.15, 0.2) is 30.5 Å². The summed E-state index contributed by atoms with van der Waals surface area (Å²) in [5, 5.41) is 12.8. The fraction of sp³-hybridized carbons (Fsp3) is 0.429. The number of nitrogens with zero attached hydrogens (tertiary/aromatic N) is 6. The molecule has 0 saturated heterocycles. The average Bonchev–Trinajstić information content (AvgIpc) is 3.35. The van der Waals surface area contributed by atoms with Gasteiger partial charge in [0.2, 0.25) is 0 Å². The highest BCUT2D eigenvalue weighted by atomic mass is 16.5. The predicted octanol–water partition coefficient (Wildman–Crippen LogP) is 2.36. The van der Waals surface area contributed by atoms with Gasteiger partial charge in [-0.3, -0.25) is 9.48 Å². The summed E-state index contributed by atoms with van der Waals surface area (Å²) in [6.07, 6.45) is 1.83. The molecule has 4 rings (SSSR count). The third kappa shape index (κ3) is 3.80. The Kier molecular flexibility index (Phi) is 5.54. The number of ether oxygens (including phenoxy) is 2. The first kappa shape index (κ1) is 20.1. The topological polar surface area (TPSA) is 87.3 Å². The molecule has 3 heterocycles. The van der Waals surface area contributed by atoms with E-state index in [1.165, 1.54) is 0 Å². The first-order chi connectivity index (χ1) is 14.5. The number of aryl methyl sites for hydroxylation is 2. The fourth-order valence-corrected chi connectivity index (χ4v) is 3.58. The highest BCUT2D eigenvalue weighted by Crippen LogP contribution is 2.28. The van der Waals surface area contributed by atoms with Crippen LogP contribution in [0, 0.1) is 6.92 Å². The van der Waals surface area contributed by atoms with Gasteiger partial charge in [-0.25, -0.2) is 4.68 Å². The van der Waals surface area contributed by atoms with E-state index in [0.29, 0.717) is 24.5 Å². The summed E-state index contributed by atoms with van der Waals surface area (Å²) in [6.45, 7) is 6.04. The molecule has 0 saturated carbocycles. The standard InChI is InChI=1S/C21H26N6O3/c1-5-26-11-16(14(2)23-26)10-25(3)21(28)20-18-13-30-19(12-27(18)24-22-20)15-6-8-17(29-4)9-7-15/h6-9,11,19H,5,10,12-13H2,1-4H3/t19-/m1/s1. The Morgan fingerprint density at radius 2 is 2.10 bits per heavy atom. The van der Waals surface area contributed by atoms with Crippen molar-refractivity contribution in [1.82, 2.24) is 29.7 Å². The Morgan fingerprint density at radius 3 is 2.77 bits per heavy atom. The van der Waals surface area contributed by atoms with E-state index in [1.807, 2.05) is 49.0 Å². The second-order valence-electron chi connectivity index (χ2n) is 7.40. The van der Waals surface area contributed by atoms with Crippen LogP contribution >= 0.6 is 0 Å². The van der Waals surface area contributed by atoms with E-state index in [-0.39, 0.29) is 18.6 Å². The average molecular weight is 410 g/mol. The first-order valence-electron chi connectivity index (χ1n) is 9.96. The minimum atomic E-state index is -0.175. The molecule has 0 fully saturated rings. The van der Waals surface area contributed by atoms with Crippen LogP contribution in [0.2, 0.25) is 0 Å². The maximum absolute atomic E-state index is 13.0. The maximum Gasteiger partial charge on any atom is 0.276 e. The first-order valence-corrected chi connectivity index (χ1v) is 9.96. The molecule has 0 N–H and O–H groups in total. The molecule has 1 amide bonds.